The Hall–Kier alpha value is -1.40. The minimum atomic E-state index is -2.31. The molecule has 0 aromatic heterocycles. The Morgan fingerprint density at radius 2 is 2.06 bits per heavy atom. The van der Waals surface area contributed by atoms with E-state index in [1.54, 1.807) is 20.8 Å². The Kier molecular flexibility index (Phi) is 3.83. The number of rotatable bonds is 2. The quantitative estimate of drug-likeness (QED) is 0.826. The molecule has 1 rings (SSSR count). The lowest BCUT2D eigenvalue weighted by molar-refractivity contribution is -0.142. The Morgan fingerprint density at radius 1 is 1.50 bits per heavy atom. The molecule has 0 aliphatic carbocycles. The van der Waals surface area contributed by atoms with E-state index in [4.69, 9.17) is 9.84 Å². The van der Waals surface area contributed by atoms with Crippen molar-refractivity contribution in [3.8, 4) is 0 Å². The van der Waals surface area contributed by atoms with Gasteiger partial charge in [0.2, 0.25) is 0 Å². The molecule has 1 amide bonds. The molecule has 0 saturated carbocycles. The molecule has 7 heteroatoms. The molecule has 104 valence electrons. The van der Waals surface area contributed by atoms with Crippen molar-refractivity contribution in [3.63, 3.8) is 0 Å². The van der Waals surface area contributed by atoms with Gasteiger partial charge < -0.3 is 9.84 Å². The van der Waals surface area contributed by atoms with E-state index in [9.17, 15) is 18.4 Å². The third-order valence-corrected chi connectivity index (χ3v) is 2.54. The SMILES string of the molecule is CC(C)(C)OC(=O)N1CC(F)(CF)CC1C(=O)O. The Bertz CT molecular complexity index is 355. The van der Waals surface area contributed by atoms with Gasteiger partial charge >= 0.3 is 12.1 Å². The number of hydrogen-bond acceptors (Lipinski definition) is 3. The van der Waals surface area contributed by atoms with Gasteiger partial charge in [-0.25, -0.2) is 18.4 Å². The highest BCUT2D eigenvalue weighted by Gasteiger charge is 2.50. The lowest BCUT2D eigenvalue weighted by atomic mass is 10.0. The second kappa shape index (κ2) is 4.70. The van der Waals surface area contributed by atoms with E-state index in [1.165, 1.54) is 0 Å². The number of hydrogen-bond donors (Lipinski definition) is 1. The van der Waals surface area contributed by atoms with Crippen LogP contribution in [0.2, 0.25) is 0 Å². The van der Waals surface area contributed by atoms with Crippen molar-refractivity contribution >= 4 is 12.1 Å². The highest BCUT2D eigenvalue weighted by Crippen LogP contribution is 2.32. The maximum atomic E-state index is 13.8. The van der Waals surface area contributed by atoms with Crippen LogP contribution in [0.15, 0.2) is 0 Å². The van der Waals surface area contributed by atoms with Gasteiger partial charge in [-0.15, -0.1) is 0 Å². The van der Waals surface area contributed by atoms with E-state index in [0.717, 1.165) is 4.90 Å². The zero-order valence-corrected chi connectivity index (χ0v) is 10.6. The number of carbonyl (C=O) groups is 2. The van der Waals surface area contributed by atoms with Crippen LogP contribution >= 0.6 is 0 Å². The van der Waals surface area contributed by atoms with Crippen molar-refractivity contribution in [3.05, 3.63) is 0 Å². The minimum Gasteiger partial charge on any atom is -0.480 e. The molecular formula is C11H17F2NO4. The fourth-order valence-electron chi connectivity index (χ4n) is 1.77. The second-order valence-corrected chi connectivity index (χ2v) is 5.45. The average molecular weight is 265 g/mol. The number of carbonyl (C=O) groups excluding carboxylic acids is 1. The van der Waals surface area contributed by atoms with Crippen molar-refractivity contribution in [2.45, 2.75) is 44.5 Å². The molecule has 1 aliphatic rings. The molecule has 5 nitrogen and oxygen atoms in total. The summed E-state index contributed by atoms with van der Waals surface area (Å²) in [7, 11) is 0. The van der Waals surface area contributed by atoms with Crippen LogP contribution < -0.4 is 0 Å². The Morgan fingerprint density at radius 3 is 2.44 bits per heavy atom. The minimum absolute atomic E-state index is 0.557. The van der Waals surface area contributed by atoms with Gasteiger partial charge in [0.05, 0.1) is 6.54 Å². The van der Waals surface area contributed by atoms with Gasteiger partial charge in [0.25, 0.3) is 0 Å². The first-order valence-corrected chi connectivity index (χ1v) is 5.55. The van der Waals surface area contributed by atoms with Crippen LogP contribution in [0, 0.1) is 0 Å². The summed E-state index contributed by atoms with van der Waals surface area (Å²) in [5.41, 5.74) is -3.13. The van der Waals surface area contributed by atoms with Crippen LogP contribution in [-0.4, -0.2) is 52.6 Å². The largest absolute Gasteiger partial charge is 0.480 e. The zero-order chi connectivity index (χ0) is 14.1. The average Bonchev–Trinajstić information content (AvgIpc) is 2.55. The maximum Gasteiger partial charge on any atom is 0.411 e. The molecule has 18 heavy (non-hydrogen) atoms. The molecule has 2 unspecified atom stereocenters. The Labute approximate surface area is 104 Å². The van der Waals surface area contributed by atoms with Gasteiger partial charge in [0.15, 0.2) is 5.67 Å². The molecule has 0 aromatic rings. The monoisotopic (exact) mass is 265 g/mol. The van der Waals surface area contributed by atoms with Crippen LogP contribution in [0.3, 0.4) is 0 Å². The van der Waals surface area contributed by atoms with Gasteiger partial charge in [-0.1, -0.05) is 0 Å². The number of carboxylic acids is 1. The molecule has 0 aromatic carbocycles. The number of alkyl halides is 2. The lowest BCUT2D eigenvalue weighted by Crippen LogP contribution is -2.43. The van der Waals surface area contributed by atoms with Gasteiger partial charge in [0.1, 0.15) is 18.3 Å². The zero-order valence-electron chi connectivity index (χ0n) is 10.6. The summed E-state index contributed by atoms with van der Waals surface area (Å²) in [5, 5.41) is 8.92. The summed E-state index contributed by atoms with van der Waals surface area (Å²) >= 11 is 0. The highest BCUT2D eigenvalue weighted by atomic mass is 19.2. The summed E-state index contributed by atoms with van der Waals surface area (Å²) in [6.45, 7) is 2.89. The van der Waals surface area contributed by atoms with E-state index >= 15 is 0 Å². The predicted molar refractivity (Wildman–Crippen MR) is 58.8 cm³/mol. The van der Waals surface area contributed by atoms with Crippen LogP contribution in [0.1, 0.15) is 27.2 Å². The molecule has 1 N–H and O–H groups in total. The van der Waals surface area contributed by atoms with Crippen molar-refractivity contribution in [2.75, 3.05) is 13.2 Å². The first-order chi connectivity index (χ1) is 8.08. The van der Waals surface area contributed by atoms with Crippen LogP contribution in [0.5, 0.6) is 0 Å². The first-order valence-electron chi connectivity index (χ1n) is 5.55. The summed E-state index contributed by atoms with van der Waals surface area (Å²) in [5.74, 6) is -1.37. The van der Waals surface area contributed by atoms with Crippen molar-refractivity contribution in [1.29, 1.82) is 0 Å². The van der Waals surface area contributed by atoms with Gasteiger partial charge in [-0.3, -0.25) is 4.90 Å². The van der Waals surface area contributed by atoms with Gasteiger partial charge in [0, 0.05) is 6.42 Å². The van der Waals surface area contributed by atoms with E-state index in [1.807, 2.05) is 0 Å². The van der Waals surface area contributed by atoms with E-state index < -0.39 is 49.0 Å². The number of amides is 1. The van der Waals surface area contributed by atoms with Crippen LogP contribution in [-0.2, 0) is 9.53 Å². The molecule has 2 atom stereocenters. The number of halogens is 2. The fraction of sp³-hybridized carbons (Fsp3) is 0.818. The molecule has 0 radical (unpaired) electrons. The molecular weight excluding hydrogens is 248 g/mol. The first kappa shape index (κ1) is 14.7. The van der Waals surface area contributed by atoms with Crippen LogP contribution in [0.4, 0.5) is 13.6 Å². The highest BCUT2D eigenvalue weighted by molar-refractivity contribution is 5.81. The number of likely N-dealkylation sites (tertiary alicyclic amines) is 1. The fourth-order valence-corrected chi connectivity index (χ4v) is 1.77. The summed E-state index contributed by atoms with van der Waals surface area (Å²) in [4.78, 5) is 23.4. The Balaban J connectivity index is 2.85. The number of nitrogens with zero attached hydrogens (tertiary/aromatic N) is 1. The van der Waals surface area contributed by atoms with Crippen LogP contribution in [0.25, 0.3) is 0 Å². The summed E-state index contributed by atoms with van der Waals surface area (Å²) < 4.78 is 31.3. The second-order valence-electron chi connectivity index (χ2n) is 5.45. The summed E-state index contributed by atoms with van der Waals surface area (Å²) in [6.07, 6.45) is -1.50. The van der Waals surface area contributed by atoms with Crippen molar-refractivity contribution < 1.29 is 28.2 Å². The number of aliphatic carboxylic acids is 1. The maximum absolute atomic E-state index is 13.8. The molecule has 0 bridgehead atoms. The standard InChI is InChI=1S/C11H17F2NO4/c1-10(2,3)18-9(17)14-6-11(13,5-12)4-7(14)8(15)16/h7H,4-6H2,1-3H3,(H,15,16). The van der Waals surface area contributed by atoms with E-state index in [0.29, 0.717) is 0 Å². The number of ether oxygens (including phenoxy) is 1. The van der Waals surface area contributed by atoms with Gasteiger partial charge in [-0.05, 0) is 20.8 Å². The topological polar surface area (TPSA) is 66.8 Å². The van der Waals surface area contributed by atoms with Gasteiger partial charge in [-0.2, -0.15) is 0 Å². The predicted octanol–water partition coefficient (Wildman–Crippen LogP) is 1.76. The molecule has 1 saturated heterocycles. The van der Waals surface area contributed by atoms with Crippen molar-refractivity contribution in [2.24, 2.45) is 0 Å². The molecule has 1 heterocycles. The smallest absolute Gasteiger partial charge is 0.411 e. The molecule has 0 spiro atoms. The molecule has 1 fully saturated rings. The third-order valence-electron chi connectivity index (χ3n) is 2.54. The van der Waals surface area contributed by atoms with E-state index in [-0.39, 0.29) is 0 Å². The summed E-state index contributed by atoms with van der Waals surface area (Å²) in [6, 6.07) is -1.39. The van der Waals surface area contributed by atoms with E-state index in [2.05, 4.69) is 0 Å². The lowest BCUT2D eigenvalue weighted by Gasteiger charge is -2.26. The molecule has 1 aliphatic heterocycles. The third kappa shape index (κ3) is 3.30. The normalized spacial score (nSPS) is 28.3. The van der Waals surface area contributed by atoms with Crippen molar-refractivity contribution in [1.82, 2.24) is 4.90 Å². The number of carboxylic acid groups (broad SMARTS) is 1.